The van der Waals surface area contributed by atoms with Crippen molar-refractivity contribution in [2.75, 3.05) is 0 Å². The van der Waals surface area contributed by atoms with E-state index in [9.17, 15) is 8.78 Å². The number of halogens is 2. The first kappa shape index (κ1) is 7.45. The van der Waals surface area contributed by atoms with Gasteiger partial charge in [-0.15, -0.1) is 0 Å². The standard InChI is InChI=1S/C8H10F2/c1-6-5-7(9)3-2-4-8(6)10/h3-4,6H,2,5H2,1H3. The molecule has 2 heteroatoms. The summed E-state index contributed by atoms with van der Waals surface area (Å²) < 4.78 is 25.2. The van der Waals surface area contributed by atoms with Crippen LogP contribution in [0.5, 0.6) is 0 Å². The van der Waals surface area contributed by atoms with Crippen molar-refractivity contribution in [2.24, 2.45) is 5.92 Å². The van der Waals surface area contributed by atoms with Crippen LogP contribution >= 0.6 is 0 Å². The molecule has 0 heterocycles. The van der Waals surface area contributed by atoms with E-state index in [-0.39, 0.29) is 24.0 Å². The van der Waals surface area contributed by atoms with Gasteiger partial charge in [-0.1, -0.05) is 6.92 Å². The molecule has 0 aliphatic heterocycles. The summed E-state index contributed by atoms with van der Waals surface area (Å²) >= 11 is 0. The Morgan fingerprint density at radius 1 is 1.40 bits per heavy atom. The van der Waals surface area contributed by atoms with Crippen LogP contribution in [0.4, 0.5) is 8.78 Å². The van der Waals surface area contributed by atoms with Crippen LogP contribution in [0.3, 0.4) is 0 Å². The lowest BCUT2D eigenvalue weighted by Gasteiger charge is -2.03. The summed E-state index contributed by atoms with van der Waals surface area (Å²) in [6, 6.07) is 0. The fourth-order valence-corrected chi connectivity index (χ4v) is 0.974. The lowest BCUT2D eigenvalue weighted by atomic mass is 10.1. The van der Waals surface area contributed by atoms with E-state index in [0.29, 0.717) is 6.42 Å². The molecular weight excluding hydrogens is 134 g/mol. The molecular formula is C8H10F2. The zero-order valence-corrected chi connectivity index (χ0v) is 5.90. The van der Waals surface area contributed by atoms with Gasteiger partial charge in [0.1, 0.15) is 0 Å². The molecule has 0 bridgehead atoms. The Bertz CT molecular complexity index is 180. The molecule has 0 amide bonds. The van der Waals surface area contributed by atoms with Crippen LogP contribution in [0.15, 0.2) is 23.8 Å². The maximum Gasteiger partial charge on any atom is 0.0995 e. The monoisotopic (exact) mass is 144 g/mol. The highest BCUT2D eigenvalue weighted by atomic mass is 19.1. The molecule has 0 N–H and O–H groups in total. The van der Waals surface area contributed by atoms with E-state index in [1.807, 2.05) is 0 Å². The third kappa shape index (κ3) is 1.66. The molecule has 10 heavy (non-hydrogen) atoms. The maximum absolute atomic E-state index is 12.7. The third-order valence-corrected chi connectivity index (χ3v) is 1.62. The normalized spacial score (nSPS) is 26.9. The SMILES string of the molecule is CC1CC(F)=CCC=C1F. The summed E-state index contributed by atoms with van der Waals surface area (Å²) in [4.78, 5) is 0. The molecule has 0 nitrogen and oxygen atoms in total. The van der Waals surface area contributed by atoms with Crippen LogP contribution in [0.25, 0.3) is 0 Å². The Hall–Kier alpha value is -0.660. The highest BCUT2D eigenvalue weighted by Crippen LogP contribution is 2.25. The molecule has 0 aromatic carbocycles. The van der Waals surface area contributed by atoms with Crippen molar-refractivity contribution in [1.29, 1.82) is 0 Å². The molecule has 0 spiro atoms. The van der Waals surface area contributed by atoms with Crippen molar-refractivity contribution in [3.63, 3.8) is 0 Å². The van der Waals surface area contributed by atoms with Gasteiger partial charge in [-0.2, -0.15) is 0 Å². The van der Waals surface area contributed by atoms with Crippen molar-refractivity contribution in [1.82, 2.24) is 0 Å². The predicted octanol–water partition coefficient (Wildman–Crippen LogP) is 3.12. The lowest BCUT2D eigenvalue weighted by molar-refractivity contribution is 0.454. The van der Waals surface area contributed by atoms with Crippen molar-refractivity contribution >= 4 is 0 Å². The summed E-state index contributed by atoms with van der Waals surface area (Å²) in [6.07, 6.45) is 3.45. The molecule has 1 aliphatic rings. The lowest BCUT2D eigenvalue weighted by Crippen LogP contribution is -1.93. The van der Waals surface area contributed by atoms with Crippen LogP contribution in [0.1, 0.15) is 19.8 Å². The van der Waals surface area contributed by atoms with E-state index < -0.39 is 0 Å². The average molecular weight is 144 g/mol. The van der Waals surface area contributed by atoms with Gasteiger partial charge in [0, 0.05) is 12.3 Å². The van der Waals surface area contributed by atoms with Gasteiger partial charge in [-0.3, -0.25) is 0 Å². The highest BCUT2D eigenvalue weighted by Gasteiger charge is 2.12. The van der Waals surface area contributed by atoms with Crippen LogP contribution in [-0.4, -0.2) is 0 Å². The molecule has 1 aliphatic carbocycles. The third-order valence-electron chi connectivity index (χ3n) is 1.62. The van der Waals surface area contributed by atoms with Gasteiger partial charge in [0.25, 0.3) is 0 Å². The zero-order chi connectivity index (χ0) is 7.56. The second-order valence-electron chi connectivity index (χ2n) is 2.58. The first-order valence-electron chi connectivity index (χ1n) is 3.40. The van der Waals surface area contributed by atoms with Gasteiger partial charge in [0.2, 0.25) is 0 Å². The Morgan fingerprint density at radius 2 is 2.10 bits per heavy atom. The number of allylic oxidation sites excluding steroid dienone is 4. The predicted molar refractivity (Wildman–Crippen MR) is 36.8 cm³/mol. The fraction of sp³-hybridized carbons (Fsp3) is 0.500. The van der Waals surface area contributed by atoms with Crippen LogP contribution in [0.2, 0.25) is 0 Å². The Morgan fingerprint density at radius 3 is 2.80 bits per heavy atom. The van der Waals surface area contributed by atoms with Gasteiger partial charge < -0.3 is 0 Å². The summed E-state index contributed by atoms with van der Waals surface area (Å²) in [5.41, 5.74) is 0. The molecule has 0 aromatic heterocycles. The minimum absolute atomic E-state index is 0.191. The minimum atomic E-state index is -0.279. The Kier molecular flexibility index (Phi) is 2.20. The van der Waals surface area contributed by atoms with E-state index in [1.54, 1.807) is 6.92 Å². The number of hydrogen-bond acceptors (Lipinski definition) is 0. The highest BCUT2D eigenvalue weighted by molar-refractivity contribution is 5.10. The quantitative estimate of drug-likeness (QED) is 0.490. The van der Waals surface area contributed by atoms with Gasteiger partial charge >= 0.3 is 0 Å². The number of rotatable bonds is 0. The van der Waals surface area contributed by atoms with Crippen molar-refractivity contribution in [2.45, 2.75) is 19.8 Å². The molecule has 0 radical (unpaired) electrons. The van der Waals surface area contributed by atoms with Gasteiger partial charge in [0.15, 0.2) is 0 Å². The largest absolute Gasteiger partial charge is 0.212 e. The smallest absolute Gasteiger partial charge is 0.0995 e. The van der Waals surface area contributed by atoms with E-state index in [1.165, 1.54) is 12.2 Å². The van der Waals surface area contributed by atoms with Gasteiger partial charge in [-0.05, 0) is 18.6 Å². The summed E-state index contributed by atoms with van der Waals surface area (Å²) in [7, 11) is 0. The van der Waals surface area contributed by atoms with Gasteiger partial charge in [-0.25, -0.2) is 8.78 Å². The molecule has 1 rings (SSSR count). The maximum atomic E-state index is 12.7. The van der Waals surface area contributed by atoms with E-state index in [0.717, 1.165) is 0 Å². The van der Waals surface area contributed by atoms with E-state index >= 15 is 0 Å². The molecule has 56 valence electrons. The summed E-state index contributed by atoms with van der Waals surface area (Å²) in [5.74, 6) is -0.668. The second-order valence-corrected chi connectivity index (χ2v) is 2.58. The molecule has 0 saturated heterocycles. The van der Waals surface area contributed by atoms with Crippen molar-refractivity contribution in [3.05, 3.63) is 23.8 Å². The summed E-state index contributed by atoms with van der Waals surface area (Å²) in [6.45, 7) is 1.69. The van der Waals surface area contributed by atoms with Crippen LogP contribution in [-0.2, 0) is 0 Å². The van der Waals surface area contributed by atoms with Crippen molar-refractivity contribution < 1.29 is 8.78 Å². The summed E-state index contributed by atoms with van der Waals surface area (Å²) in [5, 5.41) is 0. The molecule has 0 fully saturated rings. The molecule has 1 unspecified atom stereocenters. The van der Waals surface area contributed by atoms with E-state index in [4.69, 9.17) is 0 Å². The average Bonchev–Trinajstić information content (AvgIpc) is 1.96. The zero-order valence-electron chi connectivity index (χ0n) is 5.90. The van der Waals surface area contributed by atoms with Crippen molar-refractivity contribution in [3.8, 4) is 0 Å². The fourth-order valence-electron chi connectivity index (χ4n) is 0.974. The Labute approximate surface area is 59.2 Å². The first-order valence-corrected chi connectivity index (χ1v) is 3.40. The Balaban J connectivity index is 2.68. The van der Waals surface area contributed by atoms with E-state index in [2.05, 4.69) is 0 Å². The molecule has 0 saturated carbocycles. The minimum Gasteiger partial charge on any atom is -0.212 e. The molecule has 0 aromatic rings. The number of hydrogen-bond donors (Lipinski definition) is 0. The van der Waals surface area contributed by atoms with Crippen LogP contribution < -0.4 is 0 Å². The van der Waals surface area contributed by atoms with Gasteiger partial charge in [0.05, 0.1) is 11.7 Å². The first-order chi connectivity index (χ1) is 4.70. The van der Waals surface area contributed by atoms with Crippen LogP contribution in [0, 0.1) is 5.92 Å². The second kappa shape index (κ2) is 2.95. The topological polar surface area (TPSA) is 0 Å². The molecule has 1 atom stereocenters.